The summed E-state index contributed by atoms with van der Waals surface area (Å²) in [6.07, 6.45) is 1.42. The molecule has 0 aliphatic heterocycles. The van der Waals surface area contributed by atoms with Crippen LogP contribution < -0.4 is 10.2 Å². The van der Waals surface area contributed by atoms with Crippen molar-refractivity contribution in [2.45, 2.75) is 5.22 Å². The van der Waals surface area contributed by atoms with Gasteiger partial charge in [-0.3, -0.25) is 25.0 Å². The topological polar surface area (TPSA) is 163 Å². The summed E-state index contributed by atoms with van der Waals surface area (Å²) in [6, 6.07) is 16.7. The van der Waals surface area contributed by atoms with Gasteiger partial charge in [-0.2, -0.15) is 5.10 Å². The molecule has 176 valence electrons. The third-order valence-electron chi connectivity index (χ3n) is 4.46. The first-order valence-corrected chi connectivity index (χ1v) is 10.9. The van der Waals surface area contributed by atoms with E-state index in [2.05, 4.69) is 15.5 Å². The zero-order valence-electron chi connectivity index (χ0n) is 17.7. The summed E-state index contributed by atoms with van der Waals surface area (Å²) < 4.78 is 11.0. The summed E-state index contributed by atoms with van der Waals surface area (Å²) in [6.45, 7) is 0. The highest BCUT2D eigenvalue weighted by molar-refractivity contribution is 7.99. The SMILES string of the molecule is O=C(CSc1nc2ccccc2o1)N/N=C\c1ccc(Oc2ccc([N+](=O)[O-])cc2[N+](=O)[O-])cc1. The summed E-state index contributed by atoms with van der Waals surface area (Å²) in [5, 5.41) is 26.3. The van der Waals surface area contributed by atoms with E-state index in [4.69, 9.17) is 9.15 Å². The van der Waals surface area contributed by atoms with E-state index in [1.165, 1.54) is 24.4 Å². The molecule has 0 unspecified atom stereocenters. The number of ether oxygens (including phenoxy) is 1. The molecule has 0 saturated carbocycles. The highest BCUT2D eigenvalue weighted by atomic mass is 32.2. The summed E-state index contributed by atoms with van der Waals surface area (Å²) in [4.78, 5) is 36.9. The molecule has 1 aromatic heterocycles. The zero-order chi connectivity index (χ0) is 24.8. The molecular formula is C22H15N5O7S. The first kappa shape index (κ1) is 23.4. The minimum absolute atomic E-state index is 0.0605. The minimum atomic E-state index is -0.755. The maximum Gasteiger partial charge on any atom is 0.318 e. The zero-order valence-corrected chi connectivity index (χ0v) is 18.5. The molecule has 12 nitrogen and oxygen atoms in total. The second-order valence-corrected chi connectivity index (χ2v) is 7.79. The molecule has 0 spiro atoms. The third kappa shape index (κ3) is 5.97. The molecule has 0 aliphatic rings. The monoisotopic (exact) mass is 493 g/mol. The fraction of sp³-hybridized carbons (Fsp3) is 0.0455. The molecule has 0 saturated heterocycles. The molecule has 1 N–H and O–H groups in total. The van der Waals surface area contributed by atoms with Crippen LogP contribution in [0.25, 0.3) is 11.1 Å². The van der Waals surface area contributed by atoms with Gasteiger partial charge in [0.15, 0.2) is 5.58 Å². The van der Waals surface area contributed by atoms with Crippen LogP contribution in [0.2, 0.25) is 0 Å². The predicted octanol–water partition coefficient (Wildman–Crippen LogP) is 4.68. The number of para-hydroxylation sites is 2. The van der Waals surface area contributed by atoms with Crippen molar-refractivity contribution in [2.24, 2.45) is 5.10 Å². The molecule has 0 atom stereocenters. The van der Waals surface area contributed by atoms with Gasteiger partial charge in [-0.25, -0.2) is 10.4 Å². The average Bonchev–Trinajstić information content (AvgIpc) is 3.27. The van der Waals surface area contributed by atoms with Crippen LogP contribution >= 0.6 is 11.8 Å². The highest BCUT2D eigenvalue weighted by Crippen LogP contribution is 2.34. The van der Waals surface area contributed by atoms with Crippen molar-refractivity contribution in [1.82, 2.24) is 10.4 Å². The Bertz CT molecular complexity index is 1400. The number of hydrogen-bond acceptors (Lipinski definition) is 10. The molecule has 4 aromatic rings. The smallest absolute Gasteiger partial charge is 0.318 e. The number of amides is 1. The van der Waals surface area contributed by atoms with E-state index in [0.717, 1.165) is 23.9 Å². The van der Waals surface area contributed by atoms with Crippen molar-refractivity contribution in [1.29, 1.82) is 0 Å². The van der Waals surface area contributed by atoms with E-state index >= 15 is 0 Å². The maximum absolute atomic E-state index is 12.0. The Morgan fingerprint density at radius 2 is 1.86 bits per heavy atom. The van der Waals surface area contributed by atoms with Crippen molar-refractivity contribution in [2.75, 3.05) is 5.75 Å². The number of fused-ring (bicyclic) bond motifs is 1. The number of non-ortho nitro benzene ring substituents is 1. The van der Waals surface area contributed by atoms with Gasteiger partial charge in [0, 0.05) is 6.07 Å². The quantitative estimate of drug-likeness (QED) is 0.151. The van der Waals surface area contributed by atoms with Gasteiger partial charge in [-0.05, 0) is 48.0 Å². The van der Waals surface area contributed by atoms with Gasteiger partial charge in [0.05, 0.1) is 27.9 Å². The van der Waals surface area contributed by atoms with Crippen LogP contribution in [0.15, 0.2) is 81.5 Å². The molecule has 0 bridgehead atoms. The van der Waals surface area contributed by atoms with E-state index in [9.17, 15) is 25.0 Å². The van der Waals surface area contributed by atoms with E-state index in [0.29, 0.717) is 21.9 Å². The summed E-state index contributed by atoms with van der Waals surface area (Å²) in [5.41, 5.74) is 3.45. The van der Waals surface area contributed by atoms with Crippen molar-refractivity contribution in [3.8, 4) is 11.5 Å². The van der Waals surface area contributed by atoms with E-state index in [-0.39, 0.29) is 23.2 Å². The number of aromatic nitrogens is 1. The van der Waals surface area contributed by atoms with Gasteiger partial charge >= 0.3 is 5.69 Å². The normalized spacial score (nSPS) is 11.0. The highest BCUT2D eigenvalue weighted by Gasteiger charge is 2.21. The Morgan fingerprint density at radius 1 is 1.09 bits per heavy atom. The van der Waals surface area contributed by atoms with Crippen molar-refractivity contribution >= 4 is 46.4 Å². The molecule has 4 rings (SSSR count). The number of nitrogens with one attached hydrogen (secondary N) is 1. The van der Waals surface area contributed by atoms with Crippen LogP contribution in [0.1, 0.15) is 5.56 Å². The number of nitro benzene ring substituents is 2. The fourth-order valence-electron chi connectivity index (χ4n) is 2.85. The van der Waals surface area contributed by atoms with E-state index in [1.807, 2.05) is 18.2 Å². The number of hydrogen-bond donors (Lipinski definition) is 1. The standard InChI is InChI=1S/C22H15N5O7S/c28-21(13-35-22-24-17-3-1-2-4-19(17)34-22)25-23-12-14-5-8-16(9-6-14)33-20-10-7-15(26(29)30)11-18(20)27(31)32/h1-12H,13H2,(H,25,28)/b23-12-. The first-order valence-electron chi connectivity index (χ1n) is 9.90. The Hall–Kier alpha value is -4.78. The van der Waals surface area contributed by atoms with Crippen molar-refractivity contribution in [3.05, 3.63) is 92.5 Å². The van der Waals surface area contributed by atoms with Gasteiger partial charge in [-0.15, -0.1) is 0 Å². The third-order valence-corrected chi connectivity index (χ3v) is 5.29. The number of oxazole rings is 1. The van der Waals surface area contributed by atoms with Gasteiger partial charge in [0.1, 0.15) is 11.3 Å². The summed E-state index contributed by atoms with van der Waals surface area (Å²) >= 11 is 1.14. The van der Waals surface area contributed by atoms with Gasteiger partial charge in [-0.1, -0.05) is 23.9 Å². The largest absolute Gasteiger partial charge is 0.450 e. The van der Waals surface area contributed by atoms with Gasteiger partial charge in [0.2, 0.25) is 5.75 Å². The lowest BCUT2D eigenvalue weighted by molar-refractivity contribution is -0.394. The lowest BCUT2D eigenvalue weighted by Crippen LogP contribution is -2.19. The Morgan fingerprint density at radius 3 is 2.57 bits per heavy atom. The number of benzene rings is 3. The molecule has 13 heteroatoms. The van der Waals surface area contributed by atoms with Gasteiger partial charge in [0.25, 0.3) is 16.8 Å². The number of hydrazone groups is 1. The van der Waals surface area contributed by atoms with Crippen LogP contribution in [-0.4, -0.2) is 32.7 Å². The summed E-state index contributed by atoms with van der Waals surface area (Å²) in [7, 11) is 0. The minimum Gasteiger partial charge on any atom is -0.450 e. The van der Waals surface area contributed by atoms with E-state index in [1.54, 1.807) is 18.2 Å². The Kier molecular flexibility index (Phi) is 6.97. The molecule has 3 aromatic carbocycles. The predicted molar refractivity (Wildman–Crippen MR) is 127 cm³/mol. The molecular weight excluding hydrogens is 478 g/mol. The number of thioether (sulfide) groups is 1. The molecule has 0 fully saturated rings. The molecule has 35 heavy (non-hydrogen) atoms. The fourth-order valence-corrected chi connectivity index (χ4v) is 3.48. The number of nitrogens with zero attached hydrogens (tertiary/aromatic N) is 4. The first-order chi connectivity index (χ1) is 16.9. The van der Waals surface area contributed by atoms with Crippen molar-refractivity contribution in [3.63, 3.8) is 0 Å². The molecule has 0 aliphatic carbocycles. The Labute approximate surface area is 200 Å². The molecule has 1 heterocycles. The van der Waals surface area contributed by atoms with Crippen LogP contribution in [-0.2, 0) is 4.79 Å². The molecule has 1 amide bonds. The Balaban J connectivity index is 1.31. The van der Waals surface area contributed by atoms with Crippen LogP contribution in [0, 0.1) is 20.2 Å². The summed E-state index contributed by atoms with van der Waals surface area (Å²) in [5.74, 6) is -0.146. The second kappa shape index (κ2) is 10.4. The van der Waals surface area contributed by atoms with Gasteiger partial charge < -0.3 is 9.15 Å². The average molecular weight is 493 g/mol. The van der Waals surface area contributed by atoms with Crippen LogP contribution in [0.4, 0.5) is 11.4 Å². The second-order valence-electron chi connectivity index (χ2n) is 6.87. The van der Waals surface area contributed by atoms with Crippen LogP contribution in [0.3, 0.4) is 0 Å². The number of carbonyl (C=O) groups is 1. The number of nitro groups is 2. The van der Waals surface area contributed by atoms with Crippen molar-refractivity contribution < 1.29 is 23.8 Å². The maximum atomic E-state index is 12.0. The van der Waals surface area contributed by atoms with Crippen LogP contribution in [0.5, 0.6) is 11.5 Å². The lowest BCUT2D eigenvalue weighted by atomic mass is 10.2. The van der Waals surface area contributed by atoms with E-state index < -0.39 is 21.2 Å². The number of carbonyl (C=O) groups excluding carboxylic acids is 1. The lowest BCUT2D eigenvalue weighted by Gasteiger charge is -2.06. The molecule has 0 radical (unpaired) electrons. The number of rotatable bonds is 9.